The SMILES string of the molecule is CCCC(=O)NCCOCc1ccccc1. The molecule has 0 aliphatic rings. The van der Waals surface area contributed by atoms with Crippen LogP contribution in [0.4, 0.5) is 0 Å². The van der Waals surface area contributed by atoms with Gasteiger partial charge in [-0.25, -0.2) is 0 Å². The molecule has 1 aromatic rings. The van der Waals surface area contributed by atoms with Gasteiger partial charge in [0.05, 0.1) is 13.2 Å². The van der Waals surface area contributed by atoms with Gasteiger partial charge < -0.3 is 10.1 Å². The lowest BCUT2D eigenvalue weighted by Gasteiger charge is -2.05. The van der Waals surface area contributed by atoms with Crippen molar-refractivity contribution in [1.82, 2.24) is 5.32 Å². The highest BCUT2D eigenvalue weighted by Gasteiger charge is 1.97. The number of nitrogens with one attached hydrogen (secondary N) is 1. The normalized spacial score (nSPS) is 10.1. The van der Waals surface area contributed by atoms with Gasteiger partial charge in [-0.1, -0.05) is 37.3 Å². The number of amides is 1. The first-order valence-corrected chi connectivity index (χ1v) is 5.71. The smallest absolute Gasteiger partial charge is 0.220 e. The van der Waals surface area contributed by atoms with Crippen LogP contribution in [0.2, 0.25) is 0 Å². The highest BCUT2D eigenvalue weighted by Crippen LogP contribution is 1.99. The quantitative estimate of drug-likeness (QED) is 0.716. The summed E-state index contributed by atoms with van der Waals surface area (Å²) in [6.45, 7) is 3.74. The fourth-order valence-electron chi connectivity index (χ4n) is 1.34. The summed E-state index contributed by atoms with van der Waals surface area (Å²) >= 11 is 0. The number of ether oxygens (including phenoxy) is 1. The zero-order chi connectivity index (χ0) is 11.6. The first-order chi connectivity index (χ1) is 7.83. The number of carbonyl (C=O) groups is 1. The number of hydrogen-bond acceptors (Lipinski definition) is 2. The molecular weight excluding hydrogens is 202 g/mol. The van der Waals surface area contributed by atoms with Crippen molar-refractivity contribution >= 4 is 5.91 Å². The van der Waals surface area contributed by atoms with Gasteiger partial charge in [0, 0.05) is 13.0 Å². The monoisotopic (exact) mass is 221 g/mol. The van der Waals surface area contributed by atoms with Crippen LogP contribution in [0, 0.1) is 0 Å². The summed E-state index contributed by atoms with van der Waals surface area (Å²) < 4.78 is 5.43. The molecule has 3 heteroatoms. The lowest BCUT2D eigenvalue weighted by molar-refractivity contribution is -0.121. The minimum absolute atomic E-state index is 0.103. The highest BCUT2D eigenvalue weighted by molar-refractivity contribution is 5.75. The average Bonchev–Trinajstić information content (AvgIpc) is 2.30. The Morgan fingerprint density at radius 3 is 2.75 bits per heavy atom. The molecule has 1 N–H and O–H groups in total. The van der Waals surface area contributed by atoms with Crippen LogP contribution in [0.25, 0.3) is 0 Å². The van der Waals surface area contributed by atoms with Gasteiger partial charge in [0.2, 0.25) is 5.91 Å². The molecule has 1 rings (SSSR count). The molecule has 0 fully saturated rings. The maximum atomic E-state index is 11.1. The molecule has 0 spiro atoms. The van der Waals surface area contributed by atoms with Crippen LogP contribution in [0.3, 0.4) is 0 Å². The largest absolute Gasteiger partial charge is 0.375 e. The van der Waals surface area contributed by atoms with E-state index < -0.39 is 0 Å². The molecule has 1 aromatic carbocycles. The molecule has 0 unspecified atom stereocenters. The lowest BCUT2D eigenvalue weighted by Crippen LogP contribution is -2.26. The average molecular weight is 221 g/mol. The topological polar surface area (TPSA) is 38.3 Å². The van der Waals surface area contributed by atoms with E-state index in [4.69, 9.17) is 4.74 Å². The summed E-state index contributed by atoms with van der Waals surface area (Å²) in [7, 11) is 0. The minimum atomic E-state index is 0.103. The molecule has 0 heterocycles. The summed E-state index contributed by atoms with van der Waals surface area (Å²) in [4.78, 5) is 11.1. The minimum Gasteiger partial charge on any atom is -0.375 e. The third kappa shape index (κ3) is 5.51. The van der Waals surface area contributed by atoms with Crippen molar-refractivity contribution in [2.24, 2.45) is 0 Å². The van der Waals surface area contributed by atoms with E-state index in [1.165, 1.54) is 0 Å². The van der Waals surface area contributed by atoms with Crippen LogP contribution in [0.15, 0.2) is 30.3 Å². The van der Waals surface area contributed by atoms with Crippen molar-refractivity contribution in [3.63, 3.8) is 0 Å². The maximum Gasteiger partial charge on any atom is 0.220 e. The Kier molecular flexibility index (Phi) is 6.26. The van der Waals surface area contributed by atoms with Crippen LogP contribution in [0.5, 0.6) is 0 Å². The van der Waals surface area contributed by atoms with Crippen molar-refractivity contribution in [1.29, 1.82) is 0 Å². The first kappa shape index (κ1) is 12.7. The molecule has 0 aromatic heterocycles. The Morgan fingerprint density at radius 1 is 1.31 bits per heavy atom. The third-order valence-corrected chi connectivity index (χ3v) is 2.16. The molecule has 0 aliphatic heterocycles. The summed E-state index contributed by atoms with van der Waals surface area (Å²) in [6.07, 6.45) is 1.48. The highest BCUT2D eigenvalue weighted by atomic mass is 16.5. The predicted molar refractivity (Wildman–Crippen MR) is 64.0 cm³/mol. The number of carbonyl (C=O) groups excluding carboxylic acids is 1. The molecule has 0 bridgehead atoms. The van der Waals surface area contributed by atoms with Crippen molar-refractivity contribution in [3.8, 4) is 0 Å². The van der Waals surface area contributed by atoms with Crippen LogP contribution < -0.4 is 5.32 Å². The summed E-state index contributed by atoms with van der Waals surface area (Å²) in [6, 6.07) is 10.0. The number of rotatable bonds is 7. The molecule has 0 saturated carbocycles. The van der Waals surface area contributed by atoms with E-state index in [2.05, 4.69) is 5.32 Å². The Bertz CT molecular complexity index is 298. The Morgan fingerprint density at radius 2 is 2.06 bits per heavy atom. The van der Waals surface area contributed by atoms with Crippen molar-refractivity contribution in [2.75, 3.05) is 13.2 Å². The van der Waals surface area contributed by atoms with Crippen LogP contribution in [-0.4, -0.2) is 19.1 Å². The Balaban J connectivity index is 2.02. The number of hydrogen-bond donors (Lipinski definition) is 1. The third-order valence-electron chi connectivity index (χ3n) is 2.16. The van der Waals surface area contributed by atoms with Gasteiger partial charge in [0.15, 0.2) is 0 Å². The first-order valence-electron chi connectivity index (χ1n) is 5.71. The second-order valence-corrected chi connectivity index (χ2v) is 3.64. The standard InChI is InChI=1S/C13H19NO2/c1-2-6-13(15)14-9-10-16-11-12-7-4-3-5-8-12/h3-5,7-8H,2,6,9-11H2,1H3,(H,14,15). The van der Waals surface area contributed by atoms with E-state index in [0.29, 0.717) is 26.2 Å². The van der Waals surface area contributed by atoms with Crippen LogP contribution in [-0.2, 0) is 16.1 Å². The summed E-state index contributed by atoms with van der Waals surface area (Å²) in [5, 5.41) is 2.81. The predicted octanol–water partition coefficient (Wildman–Crippen LogP) is 2.12. The van der Waals surface area contributed by atoms with Gasteiger partial charge in [-0.05, 0) is 12.0 Å². The molecule has 0 saturated heterocycles. The van der Waals surface area contributed by atoms with E-state index >= 15 is 0 Å². The van der Waals surface area contributed by atoms with E-state index in [0.717, 1.165) is 12.0 Å². The van der Waals surface area contributed by atoms with Crippen molar-refractivity contribution in [2.45, 2.75) is 26.4 Å². The van der Waals surface area contributed by atoms with Gasteiger partial charge in [0.1, 0.15) is 0 Å². The second kappa shape index (κ2) is 7.88. The lowest BCUT2D eigenvalue weighted by atomic mass is 10.2. The summed E-state index contributed by atoms with van der Waals surface area (Å²) in [5.41, 5.74) is 1.15. The molecule has 16 heavy (non-hydrogen) atoms. The van der Waals surface area contributed by atoms with Crippen LogP contribution in [0.1, 0.15) is 25.3 Å². The summed E-state index contributed by atoms with van der Waals surface area (Å²) in [5.74, 6) is 0.103. The fraction of sp³-hybridized carbons (Fsp3) is 0.462. The van der Waals surface area contributed by atoms with Crippen molar-refractivity contribution < 1.29 is 9.53 Å². The Labute approximate surface area is 96.8 Å². The molecule has 3 nitrogen and oxygen atoms in total. The van der Waals surface area contributed by atoms with Gasteiger partial charge in [0.25, 0.3) is 0 Å². The molecular formula is C13H19NO2. The zero-order valence-electron chi connectivity index (χ0n) is 9.74. The van der Waals surface area contributed by atoms with Gasteiger partial charge >= 0.3 is 0 Å². The number of benzene rings is 1. The van der Waals surface area contributed by atoms with E-state index in [1.807, 2.05) is 37.3 Å². The Hall–Kier alpha value is -1.35. The molecule has 1 amide bonds. The molecule has 0 radical (unpaired) electrons. The van der Waals surface area contributed by atoms with Gasteiger partial charge in [-0.3, -0.25) is 4.79 Å². The fourth-order valence-corrected chi connectivity index (χ4v) is 1.34. The maximum absolute atomic E-state index is 11.1. The molecule has 0 aliphatic carbocycles. The second-order valence-electron chi connectivity index (χ2n) is 3.64. The van der Waals surface area contributed by atoms with E-state index in [9.17, 15) is 4.79 Å². The van der Waals surface area contributed by atoms with Gasteiger partial charge in [-0.15, -0.1) is 0 Å². The van der Waals surface area contributed by atoms with Crippen LogP contribution >= 0.6 is 0 Å². The van der Waals surface area contributed by atoms with E-state index in [1.54, 1.807) is 0 Å². The van der Waals surface area contributed by atoms with Gasteiger partial charge in [-0.2, -0.15) is 0 Å². The molecule has 88 valence electrons. The zero-order valence-corrected chi connectivity index (χ0v) is 9.74. The van der Waals surface area contributed by atoms with Crippen molar-refractivity contribution in [3.05, 3.63) is 35.9 Å². The molecule has 0 atom stereocenters. The van der Waals surface area contributed by atoms with E-state index in [-0.39, 0.29) is 5.91 Å².